The van der Waals surface area contributed by atoms with E-state index in [1.54, 1.807) is 21.1 Å². The third-order valence-corrected chi connectivity index (χ3v) is 3.52. The van der Waals surface area contributed by atoms with Crippen LogP contribution in [-0.2, 0) is 4.74 Å². The molecule has 1 aliphatic rings. The fraction of sp³-hybridized carbons (Fsp3) is 0.667. The highest BCUT2D eigenvalue weighted by Gasteiger charge is 2.28. The normalized spacial score (nSPS) is 21.8. The van der Waals surface area contributed by atoms with Gasteiger partial charge in [0.15, 0.2) is 0 Å². The van der Waals surface area contributed by atoms with E-state index in [0.29, 0.717) is 11.6 Å². The Bertz CT molecular complexity index is 508. The fourth-order valence-corrected chi connectivity index (χ4v) is 2.48. The molecule has 2 rings (SSSR count). The van der Waals surface area contributed by atoms with Crippen molar-refractivity contribution in [3.05, 3.63) is 15.8 Å². The van der Waals surface area contributed by atoms with Gasteiger partial charge < -0.3 is 15.4 Å². The Kier molecular flexibility index (Phi) is 4.33. The molecule has 1 aliphatic carbocycles. The molecule has 1 saturated carbocycles. The van der Waals surface area contributed by atoms with E-state index in [4.69, 9.17) is 4.74 Å². The van der Waals surface area contributed by atoms with Crippen molar-refractivity contribution < 1.29 is 9.66 Å². The van der Waals surface area contributed by atoms with Gasteiger partial charge in [0.2, 0.25) is 11.8 Å². The van der Waals surface area contributed by atoms with Crippen molar-refractivity contribution >= 4 is 17.5 Å². The van der Waals surface area contributed by atoms with Crippen LogP contribution in [0.2, 0.25) is 0 Å². The average molecular weight is 281 g/mol. The van der Waals surface area contributed by atoms with Crippen molar-refractivity contribution in [3.63, 3.8) is 0 Å². The third kappa shape index (κ3) is 2.96. The van der Waals surface area contributed by atoms with E-state index in [2.05, 4.69) is 20.6 Å². The van der Waals surface area contributed by atoms with Gasteiger partial charge in [-0.3, -0.25) is 10.1 Å². The molecule has 0 spiro atoms. The number of aromatic nitrogens is 2. The van der Waals surface area contributed by atoms with Crippen LogP contribution in [0.5, 0.6) is 0 Å². The molecular formula is C12H19N5O3. The summed E-state index contributed by atoms with van der Waals surface area (Å²) < 4.78 is 5.31. The summed E-state index contributed by atoms with van der Waals surface area (Å²) in [4.78, 5) is 19.0. The Hall–Kier alpha value is -1.96. The molecule has 20 heavy (non-hydrogen) atoms. The van der Waals surface area contributed by atoms with Gasteiger partial charge in [-0.15, -0.1) is 0 Å². The minimum Gasteiger partial charge on any atom is -0.381 e. The van der Waals surface area contributed by atoms with Crippen LogP contribution in [0.25, 0.3) is 0 Å². The van der Waals surface area contributed by atoms with E-state index in [0.717, 1.165) is 19.3 Å². The van der Waals surface area contributed by atoms with Gasteiger partial charge >= 0.3 is 5.69 Å². The molecule has 1 aromatic rings. The second-order valence-corrected chi connectivity index (χ2v) is 4.85. The molecule has 2 N–H and O–H groups in total. The smallest absolute Gasteiger partial charge is 0.332 e. The van der Waals surface area contributed by atoms with Gasteiger partial charge in [0.1, 0.15) is 5.69 Å². The van der Waals surface area contributed by atoms with Gasteiger partial charge in [0.05, 0.1) is 11.0 Å². The number of nitrogens with zero attached hydrogens (tertiary/aromatic N) is 3. The van der Waals surface area contributed by atoms with Crippen molar-refractivity contribution in [1.82, 2.24) is 9.97 Å². The Labute approximate surface area is 117 Å². The van der Waals surface area contributed by atoms with Crippen LogP contribution in [0.1, 0.15) is 25.0 Å². The first-order valence-electron chi connectivity index (χ1n) is 6.55. The van der Waals surface area contributed by atoms with Gasteiger partial charge in [0, 0.05) is 20.2 Å². The Morgan fingerprint density at radius 2 is 2.15 bits per heavy atom. The number of methoxy groups -OCH3 is 1. The minimum absolute atomic E-state index is 0.0649. The number of nitro groups is 1. The third-order valence-electron chi connectivity index (χ3n) is 3.52. The number of aryl methyl sites for hydroxylation is 1. The maximum Gasteiger partial charge on any atom is 0.332 e. The molecular weight excluding hydrogens is 262 g/mol. The van der Waals surface area contributed by atoms with Crippen LogP contribution in [0.15, 0.2) is 0 Å². The molecule has 0 radical (unpaired) electrons. The summed E-state index contributed by atoms with van der Waals surface area (Å²) in [5.41, 5.74) is 0.281. The lowest BCUT2D eigenvalue weighted by atomic mass is 10.2. The lowest BCUT2D eigenvalue weighted by Crippen LogP contribution is -2.20. The predicted octanol–water partition coefficient (Wildman–Crippen LogP) is 1.71. The Morgan fingerprint density at radius 3 is 2.70 bits per heavy atom. The summed E-state index contributed by atoms with van der Waals surface area (Å²) in [6.45, 7) is 1.61. The minimum atomic E-state index is -0.445. The van der Waals surface area contributed by atoms with Crippen molar-refractivity contribution in [3.8, 4) is 0 Å². The SMILES string of the molecule is CNc1nc(C)c([N+](=O)[O-])c(NC2CCC(OC)C2)n1. The maximum absolute atomic E-state index is 11.2. The van der Waals surface area contributed by atoms with Crippen LogP contribution in [0.3, 0.4) is 0 Å². The molecule has 0 amide bonds. The summed E-state index contributed by atoms with van der Waals surface area (Å²) in [7, 11) is 3.37. The summed E-state index contributed by atoms with van der Waals surface area (Å²) in [5.74, 6) is 0.644. The lowest BCUT2D eigenvalue weighted by molar-refractivity contribution is -0.385. The molecule has 110 valence electrons. The molecule has 1 heterocycles. The first kappa shape index (κ1) is 14.4. The molecule has 2 unspecified atom stereocenters. The largest absolute Gasteiger partial charge is 0.381 e. The number of nitrogens with one attached hydrogen (secondary N) is 2. The number of hydrogen-bond acceptors (Lipinski definition) is 7. The first-order valence-corrected chi connectivity index (χ1v) is 6.55. The van der Waals surface area contributed by atoms with Gasteiger partial charge in [-0.05, 0) is 26.2 Å². The quantitative estimate of drug-likeness (QED) is 0.625. The molecule has 0 saturated heterocycles. The van der Waals surface area contributed by atoms with Gasteiger partial charge in [-0.25, -0.2) is 4.98 Å². The second kappa shape index (κ2) is 6.00. The molecule has 8 heteroatoms. The van der Waals surface area contributed by atoms with Crippen LogP contribution in [0, 0.1) is 17.0 Å². The van der Waals surface area contributed by atoms with Crippen LogP contribution >= 0.6 is 0 Å². The summed E-state index contributed by atoms with van der Waals surface area (Å²) in [6.07, 6.45) is 2.89. The Morgan fingerprint density at radius 1 is 1.40 bits per heavy atom. The van der Waals surface area contributed by atoms with Crippen molar-refractivity contribution in [2.75, 3.05) is 24.8 Å². The molecule has 0 aromatic carbocycles. The molecule has 0 bridgehead atoms. The highest BCUT2D eigenvalue weighted by atomic mass is 16.6. The van der Waals surface area contributed by atoms with Crippen molar-refractivity contribution in [2.24, 2.45) is 0 Å². The zero-order valence-electron chi connectivity index (χ0n) is 11.8. The predicted molar refractivity (Wildman–Crippen MR) is 75.0 cm³/mol. The summed E-state index contributed by atoms with van der Waals surface area (Å²) >= 11 is 0. The monoisotopic (exact) mass is 281 g/mol. The molecule has 8 nitrogen and oxygen atoms in total. The zero-order chi connectivity index (χ0) is 14.7. The van der Waals surface area contributed by atoms with Crippen molar-refractivity contribution in [1.29, 1.82) is 0 Å². The van der Waals surface area contributed by atoms with E-state index in [-0.39, 0.29) is 23.7 Å². The van der Waals surface area contributed by atoms with Crippen LogP contribution in [0.4, 0.5) is 17.5 Å². The van der Waals surface area contributed by atoms with E-state index >= 15 is 0 Å². The van der Waals surface area contributed by atoms with Crippen LogP contribution < -0.4 is 10.6 Å². The highest BCUT2D eigenvalue weighted by Crippen LogP contribution is 2.30. The number of ether oxygens (including phenoxy) is 1. The highest BCUT2D eigenvalue weighted by molar-refractivity contribution is 5.61. The first-order chi connectivity index (χ1) is 9.55. The average Bonchev–Trinajstić information content (AvgIpc) is 2.85. The van der Waals surface area contributed by atoms with Crippen LogP contribution in [-0.4, -0.2) is 41.2 Å². The standard InChI is InChI=1S/C12H19N5O3/c1-7-10(17(18)19)11(16-12(13-2)14-7)15-8-4-5-9(6-8)20-3/h8-9H,4-6H2,1-3H3,(H2,13,14,15,16). The second-order valence-electron chi connectivity index (χ2n) is 4.85. The number of hydrogen-bond donors (Lipinski definition) is 2. The molecule has 1 fully saturated rings. The van der Waals surface area contributed by atoms with Gasteiger partial charge in [-0.2, -0.15) is 4.98 Å². The van der Waals surface area contributed by atoms with Gasteiger partial charge in [-0.1, -0.05) is 0 Å². The number of rotatable bonds is 5. The zero-order valence-corrected chi connectivity index (χ0v) is 11.8. The molecule has 0 aliphatic heterocycles. The van der Waals surface area contributed by atoms with E-state index in [1.165, 1.54) is 0 Å². The maximum atomic E-state index is 11.2. The van der Waals surface area contributed by atoms with Gasteiger partial charge in [0.25, 0.3) is 0 Å². The van der Waals surface area contributed by atoms with Crippen molar-refractivity contribution in [2.45, 2.75) is 38.3 Å². The summed E-state index contributed by atoms with van der Waals surface area (Å²) in [6, 6.07) is 0.137. The topological polar surface area (TPSA) is 102 Å². The van der Waals surface area contributed by atoms with E-state index in [9.17, 15) is 10.1 Å². The van der Waals surface area contributed by atoms with E-state index in [1.807, 2.05) is 0 Å². The fourth-order valence-electron chi connectivity index (χ4n) is 2.48. The molecule has 1 aromatic heterocycles. The summed E-state index contributed by atoms with van der Waals surface area (Å²) in [5, 5.41) is 17.1. The molecule has 2 atom stereocenters. The number of anilines is 2. The Balaban J connectivity index is 2.25. The lowest BCUT2D eigenvalue weighted by Gasteiger charge is -2.15. The van der Waals surface area contributed by atoms with E-state index < -0.39 is 4.92 Å².